The van der Waals surface area contributed by atoms with Crippen LogP contribution in [0, 0.1) is 19.7 Å². The maximum atomic E-state index is 13.3. The molecule has 1 saturated heterocycles. The summed E-state index contributed by atoms with van der Waals surface area (Å²) in [5.74, 6) is -0.970. The molecule has 0 aromatic heterocycles. The highest BCUT2D eigenvalue weighted by molar-refractivity contribution is 8.15. The first-order valence-electron chi connectivity index (χ1n) is 8.60. The number of thioether (sulfide) groups is 1. The van der Waals surface area contributed by atoms with Crippen LogP contribution in [0.5, 0.6) is 0 Å². The van der Waals surface area contributed by atoms with E-state index in [4.69, 9.17) is 11.6 Å². The van der Waals surface area contributed by atoms with Crippen LogP contribution in [-0.2, 0) is 9.59 Å². The number of hydrogen-bond donors (Lipinski definition) is 1. The van der Waals surface area contributed by atoms with E-state index in [1.807, 2.05) is 32.0 Å². The van der Waals surface area contributed by atoms with Gasteiger partial charge in [-0.2, -0.15) is 0 Å². The Bertz CT molecular complexity index is 980. The zero-order valence-electron chi connectivity index (χ0n) is 15.6. The van der Waals surface area contributed by atoms with E-state index in [-0.39, 0.29) is 23.3 Å². The molecule has 0 aliphatic carbocycles. The molecule has 146 valence electrons. The van der Waals surface area contributed by atoms with Crippen molar-refractivity contribution in [3.05, 3.63) is 58.4 Å². The number of benzene rings is 2. The molecule has 2 amide bonds. The summed E-state index contributed by atoms with van der Waals surface area (Å²) in [5.41, 5.74) is 3.25. The summed E-state index contributed by atoms with van der Waals surface area (Å²) in [4.78, 5) is 30.7. The Balaban J connectivity index is 1.70. The molecule has 0 radical (unpaired) electrons. The molecular weight excluding hydrogens is 401 g/mol. The molecule has 1 aliphatic heterocycles. The van der Waals surface area contributed by atoms with Gasteiger partial charge in [-0.15, -0.1) is 0 Å². The predicted octanol–water partition coefficient (Wildman–Crippen LogP) is 4.69. The Hall–Kier alpha value is -2.38. The van der Waals surface area contributed by atoms with Gasteiger partial charge in [0.05, 0.1) is 10.7 Å². The van der Waals surface area contributed by atoms with Gasteiger partial charge in [-0.05, 0) is 49.2 Å². The summed E-state index contributed by atoms with van der Waals surface area (Å²) in [7, 11) is 1.60. The third-order valence-electron chi connectivity index (χ3n) is 4.52. The number of aryl methyl sites for hydroxylation is 1. The molecule has 1 atom stereocenters. The molecule has 0 spiro atoms. The van der Waals surface area contributed by atoms with Crippen LogP contribution in [0.25, 0.3) is 0 Å². The van der Waals surface area contributed by atoms with Gasteiger partial charge in [0, 0.05) is 19.2 Å². The largest absolute Gasteiger partial charge is 0.326 e. The van der Waals surface area contributed by atoms with Gasteiger partial charge < -0.3 is 5.32 Å². The summed E-state index contributed by atoms with van der Waals surface area (Å²) in [6.07, 6.45) is 0.0322. The lowest BCUT2D eigenvalue weighted by Gasteiger charge is -2.12. The number of rotatable bonds is 4. The lowest BCUT2D eigenvalue weighted by atomic mass is 10.1. The molecule has 1 heterocycles. The van der Waals surface area contributed by atoms with Crippen molar-refractivity contribution in [3.8, 4) is 0 Å². The SMILES string of the molecule is Cc1cccc(NC(=O)CC2SC(=Nc3ccc(F)c(Cl)c3)N(C)C2=O)c1C. The standard InChI is InChI=1S/C20H19ClFN3O2S/c1-11-5-4-6-16(12(11)2)24-18(26)10-17-19(27)25(3)20(28-17)23-13-7-8-15(22)14(21)9-13/h4-9,17H,10H2,1-3H3,(H,24,26). The number of halogens is 2. The molecule has 3 rings (SSSR count). The maximum Gasteiger partial charge on any atom is 0.242 e. The highest BCUT2D eigenvalue weighted by atomic mass is 35.5. The van der Waals surface area contributed by atoms with Gasteiger partial charge in [0.2, 0.25) is 11.8 Å². The van der Waals surface area contributed by atoms with Crippen LogP contribution < -0.4 is 5.32 Å². The summed E-state index contributed by atoms with van der Waals surface area (Å²) in [5, 5.41) is 2.71. The van der Waals surface area contributed by atoms with E-state index >= 15 is 0 Å². The first kappa shape index (κ1) is 20.4. The Kier molecular flexibility index (Phi) is 6.05. The van der Waals surface area contributed by atoms with E-state index in [0.717, 1.165) is 16.8 Å². The number of amides is 2. The van der Waals surface area contributed by atoms with Crippen molar-refractivity contribution in [3.63, 3.8) is 0 Å². The first-order valence-corrected chi connectivity index (χ1v) is 9.86. The number of carbonyl (C=O) groups is 2. The van der Waals surface area contributed by atoms with Crippen molar-refractivity contribution in [2.24, 2.45) is 4.99 Å². The zero-order valence-corrected chi connectivity index (χ0v) is 17.2. The fourth-order valence-corrected chi connectivity index (χ4v) is 4.05. The fraction of sp³-hybridized carbons (Fsp3) is 0.250. The van der Waals surface area contributed by atoms with Crippen molar-refractivity contribution in [1.82, 2.24) is 4.90 Å². The van der Waals surface area contributed by atoms with Gasteiger partial charge in [-0.3, -0.25) is 14.5 Å². The summed E-state index contributed by atoms with van der Waals surface area (Å²) < 4.78 is 13.3. The van der Waals surface area contributed by atoms with Crippen LogP contribution in [-0.4, -0.2) is 34.2 Å². The average molecular weight is 420 g/mol. The predicted molar refractivity (Wildman–Crippen MR) is 112 cm³/mol. The average Bonchev–Trinajstić information content (AvgIpc) is 2.90. The van der Waals surface area contributed by atoms with Crippen molar-refractivity contribution in [2.45, 2.75) is 25.5 Å². The highest BCUT2D eigenvalue weighted by Gasteiger charge is 2.37. The molecule has 1 unspecified atom stereocenters. The number of nitrogens with zero attached hydrogens (tertiary/aromatic N) is 2. The molecule has 1 aliphatic rings. The second kappa shape index (κ2) is 8.32. The lowest BCUT2D eigenvalue weighted by molar-refractivity contribution is -0.127. The van der Waals surface area contributed by atoms with Crippen molar-refractivity contribution in [1.29, 1.82) is 0 Å². The number of nitrogens with one attached hydrogen (secondary N) is 1. The van der Waals surface area contributed by atoms with Gasteiger partial charge in [0.1, 0.15) is 11.1 Å². The molecule has 1 N–H and O–H groups in total. The molecule has 8 heteroatoms. The molecule has 2 aromatic rings. The van der Waals surface area contributed by atoms with Crippen LogP contribution in [0.2, 0.25) is 5.02 Å². The third kappa shape index (κ3) is 4.36. The van der Waals surface area contributed by atoms with Crippen LogP contribution in [0.1, 0.15) is 17.5 Å². The smallest absolute Gasteiger partial charge is 0.242 e. The van der Waals surface area contributed by atoms with Crippen molar-refractivity contribution in [2.75, 3.05) is 12.4 Å². The lowest BCUT2D eigenvalue weighted by Crippen LogP contribution is -2.30. The van der Waals surface area contributed by atoms with Crippen LogP contribution in [0.4, 0.5) is 15.8 Å². The van der Waals surface area contributed by atoms with E-state index in [1.54, 1.807) is 7.05 Å². The minimum Gasteiger partial charge on any atom is -0.326 e. The summed E-state index contributed by atoms with van der Waals surface area (Å²) >= 11 is 6.98. The topological polar surface area (TPSA) is 61.8 Å². The molecule has 5 nitrogen and oxygen atoms in total. The summed E-state index contributed by atoms with van der Waals surface area (Å²) in [6, 6.07) is 9.77. The van der Waals surface area contributed by atoms with Gasteiger partial charge in [0.25, 0.3) is 0 Å². The Morgan fingerprint density at radius 1 is 1.32 bits per heavy atom. The quantitative estimate of drug-likeness (QED) is 0.782. The highest BCUT2D eigenvalue weighted by Crippen LogP contribution is 2.32. The second-order valence-corrected chi connectivity index (χ2v) is 8.07. The van der Waals surface area contributed by atoms with Gasteiger partial charge in [-0.25, -0.2) is 9.38 Å². The van der Waals surface area contributed by atoms with E-state index in [0.29, 0.717) is 10.9 Å². The number of amidine groups is 1. The number of carbonyl (C=O) groups excluding carboxylic acids is 2. The molecular formula is C20H19ClFN3O2S. The van der Waals surface area contributed by atoms with E-state index in [1.165, 1.54) is 34.9 Å². The van der Waals surface area contributed by atoms with Gasteiger partial charge in [0.15, 0.2) is 5.17 Å². The van der Waals surface area contributed by atoms with Crippen LogP contribution >= 0.6 is 23.4 Å². The Morgan fingerprint density at radius 2 is 2.07 bits per heavy atom. The van der Waals surface area contributed by atoms with Gasteiger partial charge in [-0.1, -0.05) is 35.5 Å². The van der Waals surface area contributed by atoms with E-state index in [9.17, 15) is 14.0 Å². The number of hydrogen-bond acceptors (Lipinski definition) is 4. The second-order valence-electron chi connectivity index (χ2n) is 6.50. The van der Waals surface area contributed by atoms with Crippen LogP contribution in [0.3, 0.4) is 0 Å². The van der Waals surface area contributed by atoms with Crippen molar-refractivity contribution < 1.29 is 14.0 Å². The fourth-order valence-electron chi connectivity index (χ4n) is 2.72. The molecule has 1 fully saturated rings. The molecule has 0 bridgehead atoms. The zero-order chi connectivity index (χ0) is 20.4. The third-order valence-corrected chi connectivity index (χ3v) is 6.04. The van der Waals surface area contributed by atoms with Crippen LogP contribution in [0.15, 0.2) is 41.4 Å². The monoisotopic (exact) mass is 419 g/mol. The molecule has 0 saturated carbocycles. The normalized spacial score (nSPS) is 18.0. The molecule has 28 heavy (non-hydrogen) atoms. The minimum atomic E-state index is -0.565. The Labute approximate surface area is 172 Å². The minimum absolute atomic E-state index is 0.0322. The Morgan fingerprint density at radius 3 is 2.79 bits per heavy atom. The van der Waals surface area contributed by atoms with E-state index < -0.39 is 11.1 Å². The number of anilines is 1. The molecule has 2 aromatic carbocycles. The van der Waals surface area contributed by atoms with Crippen molar-refractivity contribution >= 4 is 51.7 Å². The number of aliphatic imine (C=N–C) groups is 1. The summed E-state index contributed by atoms with van der Waals surface area (Å²) in [6.45, 7) is 3.91. The maximum absolute atomic E-state index is 13.3. The van der Waals surface area contributed by atoms with E-state index in [2.05, 4.69) is 10.3 Å². The van der Waals surface area contributed by atoms with Gasteiger partial charge >= 0.3 is 0 Å². The first-order chi connectivity index (χ1) is 13.3.